The Morgan fingerprint density at radius 1 is 0.818 bits per heavy atom. The van der Waals surface area contributed by atoms with Crippen LogP contribution in [0.2, 0.25) is 0 Å². The maximum atomic E-state index is 12.9. The van der Waals surface area contributed by atoms with Crippen molar-refractivity contribution in [2.24, 2.45) is 23.7 Å². The molecule has 4 atom stereocenters. The van der Waals surface area contributed by atoms with E-state index < -0.39 is 0 Å². The fourth-order valence-electron chi connectivity index (χ4n) is 5.05. The third-order valence-corrected chi connectivity index (χ3v) is 5.93. The molecule has 1 saturated heterocycles. The van der Waals surface area contributed by atoms with E-state index >= 15 is 0 Å². The second-order valence-corrected chi connectivity index (χ2v) is 6.89. The predicted octanol–water partition coefficient (Wildman–Crippen LogP) is 3.38. The third kappa shape index (κ3) is 1.41. The zero-order chi connectivity index (χ0) is 14.8. The Morgan fingerprint density at radius 2 is 1.45 bits per heavy atom. The molecule has 3 nitrogen and oxygen atoms in total. The molecule has 2 aromatic rings. The fraction of sp³-hybridized carbons (Fsp3) is 0.368. The Bertz CT molecular complexity index is 779. The molecule has 2 saturated carbocycles. The number of imide groups is 1. The molecule has 3 aliphatic rings. The quantitative estimate of drug-likeness (QED) is 0.755. The van der Waals surface area contributed by atoms with Crippen molar-refractivity contribution in [1.29, 1.82) is 0 Å². The molecule has 0 unspecified atom stereocenters. The molecule has 1 heterocycles. The predicted molar refractivity (Wildman–Crippen MR) is 84.3 cm³/mol. The lowest BCUT2D eigenvalue weighted by Gasteiger charge is -2.19. The van der Waals surface area contributed by atoms with Gasteiger partial charge in [-0.25, -0.2) is 4.90 Å². The van der Waals surface area contributed by atoms with Gasteiger partial charge >= 0.3 is 0 Å². The van der Waals surface area contributed by atoms with Gasteiger partial charge in [-0.15, -0.1) is 0 Å². The zero-order valence-corrected chi connectivity index (χ0v) is 12.2. The van der Waals surface area contributed by atoms with Crippen LogP contribution in [-0.4, -0.2) is 11.8 Å². The highest BCUT2D eigenvalue weighted by molar-refractivity contribution is 6.25. The minimum absolute atomic E-state index is 0.0403. The molecular weight excluding hydrogens is 274 g/mol. The van der Waals surface area contributed by atoms with E-state index in [1.807, 2.05) is 42.5 Å². The summed E-state index contributed by atoms with van der Waals surface area (Å²) in [7, 11) is 0. The minimum Gasteiger partial charge on any atom is -0.274 e. The Balaban J connectivity index is 1.66. The van der Waals surface area contributed by atoms with Crippen molar-refractivity contribution in [1.82, 2.24) is 0 Å². The van der Waals surface area contributed by atoms with Crippen LogP contribution in [0.3, 0.4) is 0 Å². The molecule has 2 amide bonds. The number of rotatable bonds is 1. The summed E-state index contributed by atoms with van der Waals surface area (Å²) < 4.78 is 0. The lowest BCUT2D eigenvalue weighted by atomic mass is 9.81. The first-order valence-corrected chi connectivity index (χ1v) is 8.11. The fourth-order valence-corrected chi connectivity index (χ4v) is 5.05. The molecular formula is C19H17NO2. The molecule has 2 aliphatic carbocycles. The molecule has 3 heteroatoms. The standard InChI is InChI=1S/C19H17NO2/c21-18-16-12-8-9-13(10-12)17(16)19(22)20(18)15-7-3-5-11-4-1-2-6-14(11)15/h1-7,12-13,16-17H,8-10H2/t12-,13+,16-,17+. The maximum Gasteiger partial charge on any atom is 0.237 e. The summed E-state index contributed by atoms with van der Waals surface area (Å²) in [4.78, 5) is 27.4. The minimum atomic E-state index is -0.0507. The summed E-state index contributed by atoms with van der Waals surface area (Å²) in [5, 5.41) is 2.06. The van der Waals surface area contributed by atoms with Crippen molar-refractivity contribution in [2.45, 2.75) is 19.3 Å². The maximum absolute atomic E-state index is 12.9. The first-order chi connectivity index (χ1) is 10.8. The average molecular weight is 291 g/mol. The zero-order valence-electron chi connectivity index (χ0n) is 12.2. The van der Waals surface area contributed by atoms with E-state index in [1.165, 1.54) is 4.90 Å². The van der Waals surface area contributed by atoms with Crippen molar-refractivity contribution in [3.63, 3.8) is 0 Å². The van der Waals surface area contributed by atoms with Crippen molar-refractivity contribution >= 4 is 28.3 Å². The number of carbonyl (C=O) groups excluding carboxylic acids is 2. The molecule has 2 bridgehead atoms. The van der Waals surface area contributed by atoms with Gasteiger partial charge in [-0.05, 0) is 42.6 Å². The molecule has 2 aromatic carbocycles. The van der Waals surface area contributed by atoms with Crippen LogP contribution in [0.25, 0.3) is 10.8 Å². The van der Waals surface area contributed by atoms with Crippen LogP contribution >= 0.6 is 0 Å². The van der Waals surface area contributed by atoms with Crippen LogP contribution in [0.15, 0.2) is 42.5 Å². The SMILES string of the molecule is O=C1[C@@H]2[C@@H]3CC[C@@H](C3)[C@@H]2C(=O)N1c1cccc2ccccc12. The number of anilines is 1. The van der Waals surface area contributed by atoms with E-state index in [2.05, 4.69) is 0 Å². The molecule has 0 aromatic heterocycles. The Hall–Kier alpha value is -2.16. The number of hydrogen-bond donors (Lipinski definition) is 0. The first kappa shape index (κ1) is 12.4. The van der Waals surface area contributed by atoms with Gasteiger partial charge in [0.1, 0.15) is 0 Å². The summed E-state index contributed by atoms with van der Waals surface area (Å²) in [6.45, 7) is 0. The van der Waals surface area contributed by atoms with Gasteiger partial charge in [0.2, 0.25) is 11.8 Å². The summed E-state index contributed by atoms with van der Waals surface area (Å²) >= 11 is 0. The van der Waals surface area contributed by atoms with Crippen molar-refractivity contribution in [2.75, 3.05) is 4.90 Å². The number of amides is 2. The van der Waals surface area contributed by atoms with Crippen LogP contribution in [0.1, 0.15) is 19.3 Å². The Morgan fingerprint density at radius 3 is 2.18 bits per heavy atom. The van der Waals surface area contributed by atoms with Crippen LogP contribution in [0.5, 0.6) is 0 Å². The van der Waals surface area contributed by atoms with Crippen molar-refractivity contribution in [3.8, 4) is 0 Å². The number of nitrogens with zero attached hydrogens (tertiary/aromatic N) is 1. The number of benzene rings is 2. The van der Waals surface area contributed by atoms with Crippen molar-refractivity contribution < 1.29 is 9.59 Å². The number of carbonyl (C=O) groups is 2. The van der Waals surface area contributed by atoms with Gasteiger partial charge in [0.15, 0.2) is 0 Å². The van der Waals surface area contributed by atoms with Crippen LogP contribution in [0.4, 0.5) is 5.69 Å². The van der Waals surface area contributed by atoms with Gasteiger partial charge in [0.25, 0.3) is 0 Å². The monoisotopic (exact) mass is 291 g/mol. The van der Waals surface area contributed by atoms with Crippen LogP contribution in [-0.2, 0) is 9.59 Å². The van der Waals surface area contributed by atoms with E-state index in [-0.39, 0.29) is 23.7 Å². The second-order valence-electron chi connectivity index (χ2n) is 6.89. The molecule has 0 N–H and O–H groups in total. The molecule has 5 rings (SSSR count). The molecule has 0 radical (unpaired) electrons. The normalized spacial score (nSPS) is 33.0. The molecule has 3 fully saturated rings. The summed E-state index contributed by atoms with van der Waals surface area (Å²) in [5.74, 6) is 0.852. The van der Waals surface area contributed by atoms with E-state index in [1.54, 1.807) is 0 Å². The van der Waals surface area contributed by atoms with Gasteiger partial charge in [0, 0.05) is 5.39 Å². The van der Waals surface area contributed by atoms with Gasteiger partial charge in [-0.1, -0.05) is 36.4 Å². The molecule has 110 valence electrons. The number of hydrogen-bond acceptors (Lipinski definition) is 2. The lowest BCUT2D eigenvalue weighted by molar-refractivity contribution is -0.123. The Labute approximate surface area is 128 Å². The topological polar surface area (TPSA) is 37.4 Å². The van der Waals surface area contributed by atoms with E-state index in [0.29, 0.717) is 11.8 Å². The van der Waals surface area contributed by atoms with E-state index in [0.717, 1.165) is 35.7 Å². The van der Waals surface area contributed by atoms with Gasteiger partial charge in [-0.2, -0.15) is 0 Å². The lowest BCUT2D eigenvalue weighted by Crippen LogP contribution is -2.32. The van der Waals surface area contributed by atoms with Crippen molar-refractivity contribution in [3.05, 3.63) is 42.5 Å². The number of fused-ring (bicyclic) bond motifs is 6. The highest BCUT2D eigenvalue weighted by Gasteiger charge is 2.61. The average Bonchev–Trinajstić information content (AvgIpc) is 3.21. The van der Waals surface area contributed by atoms with E-state index in [4.69, 9.17) is 0 Å². The van der Waals surface area contributed by atoms with Gasteiger partial charge in [0.05, 0.1) is 17.5 Å². The molecule has 1 aliphatic heterocycles. The van der Waals surface area contributed by atoms with Gasteiger partial charge in [-0.3, -0.25) is 9.59 Å². The summed E-state index contributed by atoms with van der Waals surface area (Å²) in [6.07, 6.45) is 3.32. The highest BCUT2D eigenvalue weighted by Crippen LogP contribution is 2.56. The first-order valence-electron chi connectivity index (χ1n) is 8.11. The molecule has 0 spiro atoms. The van der Waals surface area contributed by atoms with E-state index in [9.17, 15) is 9.59 Å². The second kappa shape index (κ2) is 4.19. The summed E-state index contributed by atoms with van der Waals surface area (Å²) in [5.41, 5.74) is 0.766. The largest absolute Gasteiger partial charge is 0.274 e. The summed E-state index contributed by atoms with van der Waals surface area (Å²) in [6, 6.07) is 13.8. The van der Waals surface area contributed by atoms with Crippen LogP contribution in [0, 0.1) is 23.7 Å². The molecule has 22 heavy (non-hydrogen) atoms. The third-order valence-electron chi connectivity index (χ3n) is 5.93. The Kier molecular flexibility index (Phi) is 2.36. The van der Waals surface area contributed by atoms with Gasteiger partial charge < -0.3 is 0 Å². The smallest absolute Gasteiger partial charge is 0.237 e. The highest BCUT2D eigenvalue weighted by atomic mass is 16.2. The van der Waals surface area contributed by atoms with Crippen LogP contribution < -0.4 is 4.90 Å².